The molecule has 2 aromatic carbocycles. The number of nitrogens with zero attached hydrogens (tertiary/aromatic N) is 1. The maximum Gasteiger partial charge on any atom is 0.264 e. The lowest BCUT2D eigenvalue weighted by Gasteiger charge is -2.11. The Bertz CT molecular complexity index is 936. The van der Waals surface area contributed by atoms with Crippen molar-refractivity contribution in [2.45, 2.75) is 13.8 Å². The van der Waals surface area contributed by atoms with Gasteiger partial charge in [0, 0.05) is 4.47 Å². The van der Waals surface area contributed by atoms with E-state index in [0.717, 1.165) is 30.5 Å². The van der Waals surface area contributed by atoms with Crippen molar-refractivity contribution in [3.05, 3.63) is 44.8 Å². The van der Waals surface area contributed by atoms with E-state index < -0.39 is 0 Å². The van der Waals surface area contributed by atoms with E-state index in [1.54, 1.807) is 0 Å². The first kappa shape index (κ1) is 19.1. The maximum absolute atomic E-state index is 12.2. The van der Waals surface area contributed by atoms with E-state index in [-0.39, 0.29) is 12.5 Å². The van der Waals surface area contributed by atoms with Crippen LogP contribution in [0, 0.1) is 6.92 Å². The quantitative estimate of drug-likeness (QED) is 0.483. The second kappa shape index (κ2) is 8.37. The van der Waals surface area contributed by atoms with Gasteiger partial charge in [0.2, 0.25) is 0 Å². The van der Waals surface area contributed by atoms with Gasteiger partial charge in [-0.05, 0) is 65.7 Å². The Hall–Kier alpha value is -1.64. The molecule has 136 valence electrons. The molecular weight excluding hydrogens is 484 g/mol. The number of ether oxygens (including phenoxy) is 2. The molecule has 1 aromatic heterocycles. The van der Waals surface area contributed by atoms with E-state index in [2.05, 4.69) is 42.2 Å². The Morgan fingerprint density at radius 1 is 1.23 bits per heavy atom. The third-order valence-electron chi connectivity index (χ3n) is 3.46. The van der Waals surface area contributed by atoms with Crippen molar-refractivity contribution in [1.29, 1.82) is 0 Å². The summed E-state index contributed by atoms with van der Waals surface area (Å²) >= 11 is 8.27. The van der Waals surface area contributed by atoms with E-state index in [4.69, 9.17) is 9.47 Å². The van der Waals surface area contributed by atoms with Gasteiger partial charge in [0.05, 0.1) is 21.3 Å². The molecule has 0 atom stereocenters. The molecule has 0 spiro atoms. The van der Waals surface area contributed by atoms with Crippen LogP contribution in [0.2, 0.25) is 0 Å². The van der Waals surface area contributed by atoms with Gasteiger partial charge >= 0.3 is 0 Å². The smallest absolute Gasteiger partial charge is 0.264 e. The number of carbonyl (C=O) groups is 1. The SMILES string of the molecule is CCOc1ccc2nc(NC(=O)COc3c(C)cc(Br)cc3Br)sc2c1. The highest BCUT2D eigenvalue weighted by Crippen LogP contribution is 2.32. The first-order valence-corrected chi connectivity index (χ1v) is 10.3. The second-order valence-electron chi connectivity index (χ2n) is 5.45. The minimum atomic E-state index is -0.261. The molecule has 0 unspecified atom stereocenters. The molecular formula is C18H16Br2N2O3S. The van der Waals surface area contributed by atoms with Crippen molar-refractivity contribution in [3.8, 4) is 11.5 Å². The number of rotatable bonds is 6. The highest BCUT2D eigenvalue weighted by atomic mass is 79.9. The van der Waals surface area contributed by atoms with Crippen LogP contribution in [-0.2, 0) is 4.79 Å². The summed E-state index contributed by atoms with van der Waals surface area (Å²) in [6.07, 6.45) is 0. The minimum Gasteiger partial charge on any atom is -0.494 e. The van der Waals surface area contributed by atoms with Crippen LogP contribution in [0.15, 0.2) is 39.3 Å². The zero-order chi connectivity index (χ0) is 18.7. The third-order valence-corrected chi connectivity index (χ3v) is 5.44. The van der Waals surface area contributed by atoms with Gasteiger partial charge < -0.3 is 9.47 Å². The Morgan fingerprint density at radius 2 is 2.04 bits per heavy atom. The normalized spacial score (nSPS) is 10.8. The third kappa shape index (κ3) is 4.55. The molecule has 1 N–H and O–H groups in total. The fourth-order valence-corrected chi connectivity index (χ4v) is 4.84. The molecule has 3 rings (SSSR count). The van der Waals surface area contributed by atoms with E-state index in [0.29, 0.717) is 17.5 Å². The van der Waals surface area contributed by atoms with Crippen molar-refractivity contribution in [3.63, 3.8) is 0 Å². The first-order valence-electron chi connectivity index (χ1n) is 7.88. The summed E-state index contributed by atoms with van der Waals surface area (Å²) in [7, 11) is 0. The van der Waals surface area contributed by atoms with E-state index >= 15 is 0 Å². The van der Waals surface area contributed by atoms with Gasteiger partial charge in [-0.25, -0.2) is 4.98 Å². The predicted molar refractivity (Wildman–Crippen MR) is 111 cm³/mol. The van der Waals surface area contributed by atoms with Crippen molar-refractivity contribution in [2.75, 3.05) is 18.5 Å². The number of carbonyl (C=O) groups excluding carboxylic acids is 1. The molecule has 1 heterocycles. The Morgan fingerprint density at radius 3 is 2.77 bits per heavy atom. The number of thiazole rings is 1. The second-order valence-corrected chi connectivity index (χ2v) is 8.25. The van der Waals surface area contributed by atoms with Crippen LogP contribution in [-0.4, -0.2) is 24.1 Å². The minimum absolute atomic E-state index is 0.0960. The lowest BCUT2D eigenvalue weighted by atomic mass is 10.2. The van der Waals surface area contributed by atoms with E-state index in [9.17, 15) is 4.79 Å². The lowest BCUT2D eigenvalue weighted by Crippen LogP contribution is -2.20. The largest absolute Gasteiger partial charge is 0.494 e. The van der Waals surface area contributed by atoms with Gasteiger partial charge in [0.25, 0.3) is 5.91 Å². The molecule has 1 amide bonds. The number of aromatic nitrogens is 1. The number of anilines is 1. The van der Waals surface area contributed by atoms with Crippen LogP contribution < -0.4 is 14.8 Å². The number of nitrogens with one attached hydrogen (secondary N) is 1. The molecule has 0 aliphatic carbocycles. The number of benzene rings is 2. The van der Waals surface area contributed by atoms with E-state index in [1.807, 2.05) is 44.2 Å². The van der Waals surface area contributed by atoms with Crippen molar-refractivity contribution >= 4 is 64.5 Å². The summed E-state index contributed by atoms with van der Waals surface area (Å²) in [5.74, 6) is 1.18. The van der Waals surface area contributed by atoms with Crippen LogP contribution in [0.5, 0.6) is 11.5 Å². The lowest BCUT2D eigenvalue weighted by molar-refractivity contribution is -0.118. The summed E-state index contributed by atoms with van der Waals surface area (Å²) in [6.45, 7) is 4.37. The zero-order valence-electron chi connectivity index (χ0n) is 14.1. The number of aryl methyl sites for hydroxylation is 1. The van der Waals surface area contributed by atoms with Gasteiger partial charge in [0.1, 0.15) is 11.5 Å². The molecule has 5 nitrogen and oxygen atoms in total. The maximum atomic E-state index is 12.2. The van der Waals surface area contributed by atoms with Crippen molar-refractivity contribution < 1.29 is 14.3 Å². The molecule has 0 radical (unpaired) electrons. The summed E-state index contributed by atoms with van der Waals surface area (Å²) in [6, 6.07) is 9.48. The monoisotopic (exact) mass is 498 g/mol. The van der Waals surface area contributed by atoms with Crippen LogP contribution in [0.1, 0.15) is 12.5 Å². The summed E-state index contributed by atoms with van der Waals surface area (Å²) in [5, 5.41) is 3.32. The summed E-state index contributed by atoms with van der Waals surface area (Å²) in [5.41, 5.74) is 1.75. The van der Waals surface area contributed by atoms with Gasteiger partial charge in [-0.3, -0.25) is 10.1 Å². The van der Waals surface area contributed by atoms with Crippen LogP contribution >= 0.6 is 43.2 Å². The van der Waals surface area contributed by atoms with Gasteiger partial charge in [0.15, 0.2) is 11.7 Å². The van der Waals surface area contributed by atoms with Crippen LogP contribution in [0.4, 0.5) is 5.13 Å². The molecule has 0 fully saturated rings. The molecule has 0 aliphatic heterocycles. The van der Waals surface area contributed by atoms with Crippen LogP contribution in [0.3, 0.4) is 0 Å². The molecule has 0 saturated carbocycles. The molecule has 26 heavy (non-hydrogen) atoms. The average molecular weight is 500 g/mol. The van der Waals surface area contributed by atoms with Crippen molar-refractivity contribution in [1.82, 2.24) is 4.98 Å². The Balaban J connectivity index is 1.66. The number of halogens is 2. The zero-order valence-corrected chi connectivity index (χ0v) is 18.1. The van der Waals surface area contributed by atoms with Gasteiger partial charge in [-0.2, -0.15) is 0 Å². The number of amides is 1. The predicted octanol–water partition coefficient (Wildman–Crippen LogP) is 5.55. The highest BCUT2D eigenvalue weighted by Gasteiger charge is 2.12. The summed E-state index contributed by atoms with van der Waals surface area (Å²) in [4.78, 5) is 16.6. The highest BCUT2D eigenvalue weighted by molar-refractivity contribution is 9.11. The number of hydrogen-bond donors (Lipinski definition) is 1. The molecule has 0 aliphatic rings. The standard InChI is InChI=1S/C18H16Br2N2O3S/c1-3-24-12-4-5-14-15(8-12)26-18(21-14)22-16(23)9-25-17-10(2)6-11(19)7-13(17)20/h4-8H,3,9H2,1-2H3,(H,21,22,23). The number of fused-ring (bicyclic) bond motifs is 1. The summed E-state index contributed by atoms with van der Waals surface area (Å²) < 4.78 is 13.8. The topological polar surface area (TPSA) is 60.5 Å². The number of hydrogen-bond acceptors (Lipinski definition) is 5. The first-order chi connectivity index (χ1) is 12.5. The van der Waals surface area contributed by atoms with Gasteiger partial charge in [-0.15, -0.1) is 0 Å². The molecule has 8 heteroatoms. The fraction of sp³-hybridized carbons (Fsp3) is 0.222. The van der Waals surface area contributed by atoms with Gasteiger partial charge in [-0.1, -0.05) is 27.3 Å². The Kier molecular flexibility index (Phi) is 6.16. The fourth-order valence-electron chi connectivity index (χ4n) is 2.38. The molecule has 0 saturated heterocycles. The van der Waals surface area contributed by atoms with Crippen LogP contribution in [0.25, 0.3) is 10.2 Å². The average Bonchev–Trinajstić information content (AvgIpc) is 2.95. The molecule has 3 aromatic rings. The van der Waals surface area contributed by atoms with Crippen molar-refractivity contribution in [2.24, 2.45) is 0 Å². The Labute approximate surface area is 172 Å². The molecule has 0 bridgehead atoms. The van der Waals surface area contributed by atoms with E-state index in [1.165, 1.54) is 11.3 Å².